The molecule has 0 fully saturated rings. The molecule has 2 atom stereocenters. The molecule has 0 aliphatic carbocycles. The molecule has 0 aliphatic heterocycles. The molecule has 0 rings (SSSR count). The summed E-state index contributed by atoms with van der Waals surface area (Å²) < 4.78 is -1.47. The van der Waals surface area contributed by atoms with Crippen LogP contribution in [0.2, 0.25) is 0 Å². The molecular formula is C5H7Cl5. The molecule has 0 bridgehead atoms. The maximum atomic E-state index is 5.72. The van der Waals surface area contributed by atoms with Crippen molar-refractivity contribution in [1.29, 1.82) is 0 Å². The second-order valence-corrected chi connectivity index (χ2v) is 5.27. The van der Waals surface area contributed by atoms with E-state index in [0.717, 1.165) is 0 Å². The number of alkyl halides is 5. The van der Waals surface area contributed by atoms with Gasteiger partial charge in [-0.2, -0.15) is 0 Å². The Balaban J connectivity index is 3.94. The van der Waals surface area contributed by atoms with Gasteiger partial charge in [-0.3, -0.25) is 0 Å². The highest BCUT2D eigenvalue weighted by Crippen LogP contribution is 2.37. The minimum Gasteiger partial charge on any atom is -0.121 e. The van der Waals surface area contributed by atoms with Crippen LogP contribution in [0.5, 0.6) is 0 Å². The largest absolute Gasteiger partial charge is 0.208 e. The first-order valence-corrected chi connectivity index (χ1v) is 4.75. The third kappa shape index (κ3) is 3.73. The Bertz CT molecular complexity index is 96.7. The maximum Gasteiger partial charge on any atom is 0.208 e. The van der Waals surface area contributed by atoms with Gasteiger partial charge in [0.05, 0.1) is 10.8 Å². The van der Waals surface area contributed by atoms with Gasteiger partial charge in [0.25, 0.3) is 0 Å². The Hall–Kier alpha value is 1.45. The predicted octanol–water partition coefficient (Wildman–Crippen LogP) is 3.98. The molecule has 0 aromatic rings. The van der Waals surface area contributed by atoms with E-state index in [9.17, 15) is 0 Å². The minimum atomic E-state index is -1.47. The van der Waals surface area contributed by atoms with Gasteiger partial charge in [0, 0.05) is 0 Å². The van der Waals surface area contributed by atoms with E-state index in [4.69, 9.17) is 58.0 Å². The van der Waals surface area contributed by atoms with Crippen molar-refractivity contribution in [3.05, 3.63) is 0 Å². The Morgan fingerprint density at radius 3 is 1.70 bits per heavy atom. The fourth-order valence-electron chi connectivity index (χ4n) is 0.412. The van der Waals surface area contributed by atoms with Crippen LogP contribution in [-0.4, -0.2) is 14.5 Å². The van der Waals surface area contributed by atoms with Crippen molar-refractivity contribution >= 4 is 58.0 Å². The molecule has 0 N–H and O–H groups in total. The Kier molecular flexibility index (Phi) is 5.12. The molecule has 2 unspecified atom stereocenters. The lowest BCUT2D eigenvalue weighted by Crippen LogP contribution is -2.28. The van der Waals surface area contributed by atoms with Gasteiger partial charge in [-0.05, 0) is 6.42 Å². The van der Waals surface area contributed by atoms with E-state index < -0.39 is 9.17 Å². The quantitative estimate of drug-likeness (QED) is 0.644. The molecule has 0 spiro atoms. The van der Waals surface area contributed by atoms with Gasteiger partial charge in [0.2, 0.25) is 3.79 Å². The van der Waals surface area contributed by atoms with Gasteiger partial charge in [-0.25, -0.2) is 0 Å². The van der Waals surface area contributed by atoms with Gasteiger partial charge in [0.1, 0.15) is 0 Å². The van der Waals surface area contributed by atoms with Crippen LogP contribution in [0.4, 0.5) is 0 Å². The highest BCUT2D eigenvalue weighted by atomic mass is 35.6. The highest BCUT2D eigenvalue weighted by Gasteiger charge is 2.35. The van der Waals surface area contributed by atoms with Gasteiger partial charge in [-0.1, -0.05) is 41.7 Å². The van der Waals surface area contributed by atoms with Gasteiger partial charge in [-0.15, -0.1) is 23.2 Å². The van der Waals surface area contributed by atoms with Crippen molar-refractivity contribution in [3.8, 4) is 0 Å². The molecule has 0 aromatic heterocycles. The first-order valence-electron chi connectivity index (χ1n) is 2.74. The second kappa shape index (κ2) is 4.47. The Morgan fingerprint density at radius 2 is 1.60 bits per heavy atom. The average molecular weight is 244 g/mol. The normalized spacial score (nSPS) is 18.6. The van der Waals surface area contributed by atoms with Crippen LogP contribution >= 0.6 is 58.0 Å². The van der Waals surface area contributed by atoms with Gasteiger partial charge >= 0.3 is 0 Å². The summed E-state index contributed by atoms with van der Waals surface area (Å²) in [5.74, 6) is 0. The molecule has 5 heteroatoms. The van der Waals surface area contributed by atoms with Crippen LogP contribution in [0.1, 0.15) is 13.3 Å². The monoisotopic (exact) mass is 242 g/mol. The van der Waals surface area contributed by atoms with Crippen LogP contribution in [-0.2, 0) is 0 Å². The molecule has 62 valence electrons. The SMILES string of the molecule is CCC(Cl)C(Cl)C(Cl)(Cl)Cl. The molecule has 0 saturated carbocycles. The fraction of sp³-hybridized carbons (Fsp3) is 1.00. The Labute approximate surface area is 85.7 Å². The number of hydrogen-bond donors (Lipinski definition) is 0. The summed E-state index contributed by atoms with van der Waals surface area (Å²) in [5, 5.41) is -0.932. The van der Waals surface area contributed by atoms with Crippen molar-refractivity contribution in [2.75, 3.05) is 0 Å². The van der Waals surface area contributed by atoms with Crippen LogP contribution in [0.3, 0.4) is 0 Å². The third-order valence-corrected chi connectivity index (χ3v) is 3.38. The average Bonchev–Trinajstić information content (AvgIpc) is 1.83. The lowest BCUT2D eigenvalue weighted by molar-refractivity contribution is 0.752. The van der Waals surface area contributed by atoms with Crippen LogP contribution < -0.4 is 0 Å². The van der Waals surface area contributed by atoms with Crippen molar-refractivity contribution in [2.24, 2.45) is 0 Å². The van der Waals surface area contributed by atoms with Gasteiger partial charge < -0.3 is 0 Å². The van der Waals surface area contributed by atoms with Crippen LogP contribution in [0, 0.1) is 0 Å². The predicted molar refractivity (Wildman–Crippen MR) is 49.9 cm³/mol. The van der Waals surface area contributed by atoms with E-state index in [1.807, 2.05) is 6.92 Å². The van der Waals surface area contributed by atoms with Crippen LogP contribution in [0.25, 0.3) is 0 Å². The summed E-state index contributed by atoms with van der Waals surface area (Å²) in [6, 6.07) is 0. The molecule has 0 heterocycles. The smallest absolute Gasteiger partial charge is 0.121 e. The van der Waals surface area contributed by atoms with Crippen molar-refractivity contribution in [1.82, 2.24) is 0 Å². The van der Waals surface area contributed by atoms with Crippen LogP contribution in [0.15, 0.2) is 0 Å². The number of halogens is 5. The zero-order valence-electron chi connectivity index (χ0n) is 5.25. The highest BCUT2D eigenvalue weighted by molar-refractivity contribution is 6.70. The van der Waals surface area contributed by atoms with Crippen molar-refractivity contribution in [2.45, 2.75) is 27.9 Å². The van der Waals surface area contributed by atoms with E-state index in [1.54, 1.807) is 0 Å². The van der Waals surface area contributed by atoms with E-state index >= 15 is 0 Å². The lowest BCUT2D eigenvalue weighted by atomic mass is 10.2. The molecule has 0 aliphatic rings. The number of hydrogen-bond acceptors (Lipinski definition) is 0. The summed E-state index contributed by atoms with van der Waals surface area (Å²) in [4.78, 5) is 0. The molecule has 10 heavy (non-hydrogen) atoms. The van der Waals surface area contributed by atoms with E-state index in [-0.39, 0.29) is 5.38 Å². The molecular weight excluding hydrogens is 237 g/mol. The zero-order valence-corrected chi connectivity index (χ0v) is 9.03. The maximum absolute atomic E-state index is 5.72. The van der Waals surface area contributed by atoms with Gasteiger partial charge in [0.15, 0.2) is 0 Å². The molecule has 0 radical (unpaired) electrons. The van der Waals surface area contributed by atoms with E-state index in [1.165, 1.54) is 0 Å². The summed E-state index contributed by atoms with van der Waals surface area (Å²) in [6.45, 7) is 1.88. The number of rotatable bonds is 2. The Morgan fingerprint density at radius 1 is 1.20 bits per heavy atom. The molecule has 0 saturated heterocycles. The summed E-state index contributed by atoms with van der Waals surface area (Å²) in [6.07, 6.45) is 0.684. The lowest BCUT2D eigenvalue weighted by Gasteiger charge is -2.21. The zero-order chi connectivity index (χ0) is 8.36. The molecule has 0 aromatic carbocycles. The second-order valence-electron chi connectivity index (χ2n) is 1.87. The van der Waals surface area contributed by atoms with Crippen molar-refractivity contribution in [3.63, 3.8) is 0 Å². The minimum absolute atomic E-state index is 0.297. The third-order valence-electron chi connectivity index (χ3n) is 1.02. The summed E-state index contributed by atoms with van der Waals surface area (Å²) in [7, 11) is 0. The standard InChI is InChI=1S/C5H7Cl5/c1-2-3(6)4(7)5(8,9)10/h3-4H,2H2,1H3. The fourth-order valence-corrected chi connectivity index (χ4v) is 1.43. The van der Waals surface area contributed by atoms with E-state index in [2.05, 4.69) is 0 Å². The summed E-state index contributed by atoms with van der Waals surface area (Å²) >= 11 is 27.8. The first-order chi connectivity index (χ1) is 4.39. The van der Waals surface area contributed by atoms with E-state index in [0.29, 0.717) is 6.42 Å². The first kappa shape index (κ1) is 11.4. The molecule has 0 nitrogen and oxygen atoms in total. The summed E-state index contributed by atoms with van der Waals surface area (Å²) in [5.41, 5.74) is 0. The topological polar surface area (TPSA) is 0 Å². The van der Waals surface area contributed by atoms with Crippen molar-refractivity contribution < 1.29 is 0 Å². The molecule has 0 amide bonds.